The molecule has 1 saturated carbocycles. The average molecular weight is 472 g/mol. The van der Waals surface area contributed by atoms with E-state index in [4.69, 9.17) is 14.2 Å². The molecule has 0 bridgehead atoms. The fraction of sp³-hybridized carbons (Fsp3) is 0.643. The number of likely N-dealkylation sites (tertiary alicyclic amines) is 1. The van der Waals surface area contributed by atoms with Crippen molar-refractivity contribution in [2.24, 2.45) is 0 Å². The largest absolute Gasteiger partial charge is 0.469 e. The summed E-state index contributed by atoms with van der Waals surface area (Å²) in [6.45, 7) is 6.75. The number of esters is 1. The van der Waals surface area contributed by atoms with Gasteiger partial charge in [0.15, 0.2) is 5.79 Å². The Morgan fingerprint density at radius 2 is 1.74 bits per heavy atom. The van der Waals surface area contributed by atoms with Gasteiger partial charge in [-0.1, -0.05) is 42.5 Å². The molecule has 34 heavy (non-hydrogen) atoms. The Kier molecular flexibility index (Phi) is 9.86. The summed E-state index contributed by atoms with van der Waals surface area (Å²) in [6.07, 6.45) is 10.4. The van der Waals surface area contributed by atoms with Crippen LogP contribution in [0.1, 0.15) is 70.8 Å². The van der Waals surface area contributed by atoms with Gasteiger partial charge in [0.25, 0.3) is 0 Å². The number of hydrogen-bond acceptors (Lipinski definition) is 6. The van der Waals surface area contributed by atoms with Crippen molar-refractivity contribution in [1.29, 1.82) is 0 Å². The summed E-state index contributed by atoms with van der Waals surface area (Å²) in [6, 6.07) is 10.3. The second kappa shape index (κ2) is 12.6. The molecule has 188 valence electrons. The van der Waals surface area contributed by atoms with Gasteiger partial charge in [-0.15, -0.1) is 0 Å². The van der Waals surface area contributed by atoms with Crippen molar-refractivity contribution in [3.8, 4) is 0 Å². The highest BCUT2D eigenvalue weighted by molar-refractivity contribution is 5.93. The Labute approximate surface area is 204 Å². The van der Waals surface area contributed by atoms with E-state index >= 15 is 0 Å². The van der Waals surface area contributed by atoms with Gasteiger partial charge in [-0.3, -0.25) is 14.5 Å². The van der Waals surface area contributed by atoms with Gasteiger partial charge in [0, 0.05) is 45.6 Å². The molecule has 6 heteroatoms. The van der Waals surface area contributed by atoms with E-state index in [9.17, 15) is 9.59 Å². The van der Waals surface area contributed by atoms with Crippen LogP contribution in [0, 0.1) is 0 Å². The minimum absolute atomic E-state index is 0.0592. The maximum Gasteiger partial charge on any atom is 0.305 e. The number of benzene rings is 1. The number of methoxy groups -OCH3 is 1. The third-order valence-electron chi connectivity index (χ3n) is 7.21. The maximum absolute atomic E-state index is 13.3. The Hall–Kier alpha value is -2.02. The molecule has 1 saturated heterocycles. The fourth-order valence-electron chi connectivity index (χ4n) is 5.27. The summed E-state index contributed by atoms with van der Waals surface area (Å²) in [5.74, 6) is -0.462. The van der Waals surface area contributed by atoms with Crippen molar-refractivity contribution >= 4 is 11.8 Å². The van der Waals surface area contributed by atoms with Crippen molar-refractivity contribution in [1.82, 2.24) is 4.90 Å². The van der Waals surface area contributed by atoms with Crippen LogP contribution < -0.4 is 0 Å². The maximum atomic E-state index is 13.3. The van der Waals surface area contributed by atoms with Crippen LogP contribution >= 0.6 is 0 Å². The summed E-state index contributed by atoms with van der Waals surface area (Å²) < 4.78 is 17.1. The van der Waals surface area contributed by atoms with E-state index in [1.807, 2.05) is 32.0 Å². The van der Waals surface area contributed by atoms with Gasteiger partial charge in [0.05, 0.1) is 18.6 Å². The minimum atomic E-state index is -0.639. The molecule has 0 N–H and O–H groups in total. The van der Waals surface area contributed by atoms with E-state index in [2.05, 4.69) is 29.2 Å². The summed E-state index contributed by atoms with van der Waals surface area (Å²) in [5, 5.41) is 0. The van der Waals surface area contributed by atoms with Gasteiger partial charge >= 0.3 is 5.97 Å². The lowest BCUT2D eigenvalue weighted by Crippen LogP contribution is -2.49. The molecular weight excluding hydrogens is 430 g/mol. The summed E-state index contributed by atoms with van der Waals surface area (Å²) in [4.78, 5) is 27.0. The Morgan fingerprint density at radius 1 is 1.03 bits per heavy atom. The van der Waals surface area contributed by atoms with Crippen molar-refractivity contribution < 1.29 is 23.8 Å². The molecule has 0 spiro atoms. The smallest absolute Gasteiger partial charge is 0.305 e. The number of ether oxygens (including phenoxy) is 3. The summed E-state index contributed by atoms with van der Waals surface area (Å²) >= 11 is 0. The minimum Gasteiger partial charge on any atom is -0.469 e. The average Bonchev–Trinajstić information content (AvgIpc) is 3.60. The highest BCUT2D eigenvalue weighted by atomic mass is 16.7. The Balaban J connectivity index is 1.62. The molecule has 1 aliphatic heterocycles. The predicted molar refractivity (Wildman–Crippen MR) is 133 cm³/mol. The molecule has 0 amide bonds. The number of carbonyl (C=O) groups is 2. The van der Waals surface area contributed by atoms with Crippen LogP contribution in [0.4, 0.5) is 0 Å². The molecule has 3 rings (SSSR count). The summed E-state index contributed by atoms with van der Waals surface area (Å²) in [5.41, 5.74) is 0.887. The van der Waals surface area contributed by atoms with Gasteiger partial charge in [0.1, 0.15) is 5.78 Å². The predicted octanol–water partition coefficient (Wildman–Crippen LogP) is 4.81. The number of rotatable bonds is 15. The SMILES string of the molecule is CCOC1(OCC)CCN(CCC(=O)C2(c3ccccc3)CC2)[C@H]1C/C=C\CCCC(=O)OC. The van der Waals surface area contributed by atoms with Crippen LogP contribution in [0.5, 0.6) is 0 Å². The lowest BCUT2D eigenvalue weighted by Gasteiger charge is -2.37. The van der Waals surface area contributed by atoms with Crippen LogP contribution in [0.3, 0.4) is 0 Å². The number of unbranched alkanes of at least 4 members (excludes halogenated alkanes) is 1. The normalized spacial score (nSPS) is 21.1. The number of Topliss-reactive ketones (excluding diaryl/α,β-unsaturated/α-hetero) is 1. The third kappa shape index (κ3) is 6.35. The van der Waals surface area contributed by atoms with Crippen LogP contribution in [-0.2, 0) is 29.2 Å². The third-order valence-corrected chi connectivity index (χ3v) is 7.21. The molecular formula is C28H41NO5. The Bertz CT molecular complexity index is 811. The first-order valence-corrected chi connectivity index (χ1v) is 12.8. The van der Waals surface area contributed by atoms with Crippen molar-refractivity contribution in [3.63, 3.8) is 0 Å². The zero-order valence-corrected chi connectivity index (χ0v) is 21.1. The van der Waals surface area contributed by atoms with E-state index in [1.54, 1.807) is 0 Å². The number of allylic oxidation sites excluding steroid dienone is 1. The fourth-order valence-corrected chi connectivity index (χ4v) is 5.27. The molecule has 0 unspecified atom stereocenters. The van der Waals surface area contributed by atoms with E-state index in [1.165, 1.54) is 7.11 Å². The van der Waals surface area contributed by atoms with E-state index < -0.39 is 5.79 Å². The van der Waals surface area contributed by atoms with E-state index in [0.717, 1.165) is 57.2 Å². The molecule has 2 fully saturated rings. The highest BCUT2D eigenvalue weighted by Crippen LogP contribution is 2.49. The van der Waals surface area contributed by atoms with Gasteiger partial charge < -0.3 is 14.2 Å². The van der Waals surface area contributed by atoms with Crippen LogP contribution in [-0.4, -0.2) is 61.9 Å². The molecule has 1 heterocycles. The first-order chi connectivity index (χ1) is 16.5. The van der Waals surface area contributed by atoms with Gasteiger partial charge in [0.2, 0.25) is 0 Å². The van der Waals surface area contributed by atoms with Crippen molar-refractivity contribution in [2.75, 3.05) is 33.4 Å². The van der Waals surface area contributed by atoms with Crippen LogP contribution in [0.2, 0.25) is 0 Å². The quantitative estimate of drug-likeness (QED) is 0.158. The number of nitrogens with zero attached hydrogens (tertiary/aromatic N) is 1. The van der Waals surface area contributed by atoms with Gasteiger partial charge in [-0.05, 0) is 51.5 Å². The molecule has 1 atom stereocenters. The monoisotopic (exact) mass is 471 g/mol. The molecule has 0 aromatic heterocycles. The number of ketones is 1. The molecule has 2 aliphatic rings. The second-order valence-electron chi connectivity index (χ2n) is 9.28. The number of hydrogen-bond donors (Lipinski definition) is 0. The van der Waals surface area contributed by atoms with Crippen molar-refractivity contribution in [3.05, 3.63) is 48.0 Å². The molecule has 6 nitrogen and oxygen atoms in total. The standard InChI is InChI=1S/C28H41NO5/c1-4-33-28(34-5-2)20-22-29(24(28)15-11-6-7-12-16-26(31)32-3)21-17-25(30)27(18-19-27)23-13-9-8-10-14-23/h6,8-11,13-14,24H,4-5,7,12,15-22H2,1-3H3/b11-6-/t24-/m0/s1. The lowest BCUT2D eigenvalue weighted by molar-refractivity contribution is -0.244. The first kappa shape index (κ1) is 26.6. The number of carbonyl (C=O) groups excluding carboxylic acids is 2. The molecule has 0 radical (unpaired) electrons. The van der Waals surface area contributed by atoms with E-state index in [0.29, 0.717) is 31.8 Å². The Morgan fingerprint density at radius 3 is 2.35 bits per heavy atom. The van der Waals surface area contributed by atoms with E-state index in [-0.39, 0.29) is 17.4 Å². The van der Waals surface area contributed by atoms with Crippen LogP contribution in [0.15, 0.2) is 42.5 Å². The zero-order chi connectivity index (χ0) is 24.4. The first-order valence-electron chi connectivity index (χ1n) is 12.8. The van der Waals surface area contributed by atoms with Crippen molar-refractivity contribution in [2.45, 2.75) is 82.5 Å². The lowest BCUT2D eigenvalue weighted by atomic mass is 9.89. The molecule has 1 aromatic rings. The summed E-state index contributed by atoms with van der Waals surface area (Å²) in [7, 11) is 1.42. The highest BCUT2D eigenvalue weighted by Gasteiger charge is 2.52. The second-order valence-corrected chi connectivity index (χ2v) is 9.28. The molecule has 1 aliphatic carbocycles. The molecule has 1 aromatic carbocycles. The van der Waals surface area contributed by atoms with Crippen LogP contribution in [0.25, 0.3) is 0 Å². The topological polar surface area (TPSA) is 65.1 Å². The van der Waals surface area contributed by atoms with Gasteiger partial charge in [-0.2, -0.15) is 0 Å². The zero-order valence-electron chi connectivity index (χ0n) is 21.1. The van der Waals surface area contributed by atoms with Gasteiger partial charge in [-0.25, -0.2) is 0 Å².